The second kappa shape index (κ2) is 3.95. The van der Waals surface area contributed by atoms with Gasteiger partial charge in [0.2, 0.25) is 11.7 Å². The van der Waals surface area contributed by atoms with Crippen molar-refractivity contribution in [1.82, 2.24) is 20.4 Å². The highest BCUT2D eigenvalue weighted by molar-refractivity contribution is 7.13. The molecule has 1 aliphatic rings. The van der Waals surface area contributed by atoms with Gasteiger partial charge >= 0.3 is 0 Å². The van der Waals surface area contributed by atoms with Gasteiger partial charge in [-0.3, -0.25) is 4.98 Å². The number of rotatable bonds is 2. The molecule has 0 bridgehead atoms. The molecular formula is C10H12N4OS. The van der Waals surface area contributed by atoms with Crippen LogP contribution in [0.1, 0.15) is 18.7 Å². The van der Waals surface area contributed by atoms with Crippen molar-refractivity contribution in [2.45, 2.75) is 12.8 Å². The van der Waals surface area contributed by atoms with Crippen LogP contribution < -0.4 is 5.32 Å². The zero-order chi connectivity index (χ0) is 11.0. The zero-order valence-electron chi connectivity index (χ0n) is 8.88. The Labute approximate surface area is 96.9 Å². The highest BCUT2D eigenvalue weighted by Crippen LogP contribution is 2.28. The molecule has 3 rings (SSSR count). The van der Waals surface area contributed by atoms with Crippen LogP contribution in [0.5, 0.6) is 0 Å². The Morgan fingerprint density at radius 1 is 1.50 bits per heavy atom. The van der Waals surface area contributed by atoms with E-state index in [1.807, 2.05) is 0 Å². The smallest absolute Gasteiger partial charge is 0.231 e. The van der Waals surface area contributed by atoms with Crippen LogP contribution in [0.3, 0.4) is 0 Å². The maximum Gasteiger partial charge on any atom is 0.231 e. The molecule has 0 spiro atoms. The van der Waals surface area contributed by atoms with Crippen molar-refractivity contribution in [3.8, 4) is 10.7 Å². The molecule has 2 aromatic heterocycles. The number of nitrogens with zero attached hydrogens (tertiary/aromatic N) is 3. The fourth-order valence-electron chi connectivity index (χ4n) is 1.95. The quantitative estimate of drug-likeness (QED) is 0.856. The first-order valence-corrected chi connectivity index (χ1v) is 6.16. The number of aromatic nitrogens is 3. The first-order chi connectivity index (χ1) is 7.84. The Bertz CT molecular complexity index is 467. The van der Waals surface area contributed by atoms with Gasteiger partial charge in [-0.2, -0.15) is 4.98 Å². The predicted molar refractivity (Wildman–Crippen MR) is 60.2 cm³/mol. The molecule has 16 heavy (non-hydrogen) atoms. The average Bonchev–Trinajstić information content (AvgIpc) is 2.96. The van der Waals surface area contributed by atoms with Crippen LogP contribution in [-0.2, 0) is 0 Å². The Morgan fingerprint density at radius 3 is 3.12 bits per heavy atom. The molecular weight excluding hydrogens is 224 g/mol. The minimum Gasteiger partial charge on any atom is -0.339 e. The summed E-state index contributed by atoms with van der Waals surface area (Å²) < 4.78 is 5.32. The molecule has 0 radical (unpaired) electrons. The molecule has 1 saturated heterocycles. The van der Waals surface area contributed by atoms with Gasteiger partial charge in [-0.25, -0.2) is 0 Å². The van der Waals surface area contributed by atoms with Gasteiger partial charge in [-0.1, -0.05) is 12.1 Å². The van der Waals surface area contributed by atoms with Gasteiger partial charge < -0.3 is 9.84 Å². The molecule has 3 heterocycles. The van der Waals surface area contributed by atoms with E-state index in [0.29, 0.717) is 17.7 Å². The molecule has 2 aromatic rings. The van der Waals surface area contributed by atoms with Crippen molar-refractivity contribution < 1.29 is 4.52 Å². The van der Waals surface area contributed by atoms with E-state index in [2.05, 4.69) is 27.4 Å². The first-order valence-electron chi connectivity index (χ1n) is 5.28. The summed E-state index contributed by atoms with van der Waals surface area (Å²) in [5, 5.41) is 7.32. The summed E-state index contributed by atoms with van der Waals surface area (Å²) in [5.41, 5.74) is 1.77. The zero-order valence-corrected chi connectivity index (χ0v) is 9.70. The number of hydrogen-bond donors (Lipinski definition) is 1. The SMILES string of the molecule is C[C@@H]1CNC[C@H]1c1nc(-c2cncs2)no1. The van der Waals surface area contributed by atoms with Crippen LogP contribution >= 0.6 is 11.3 Å². The minimum atomic E-state index is 0.342. The lowest BCUT2D eigenvalue weighted by atomic mass is 9.98. The van der Waals surface area contributed by atoms with E-state index in [1.54, 1.807) is 11.7 Å². The summed E-state index contributed by atoms with van der Waals surface area (Å²) >= 11 is 1.52. The fourth-order valence-corrected chi connectivity index (χ4v) is 2.50. The summed E-state index contributed by atoms with van der Waals surface area (Å²) in [6.45, 7) is 4.13. The Morgan fingerprint density at radius 2 is 2.44 bits per heavy atom. The number of hydrogen-bond acceptors (Lipinski definition) is 6. The first kappa shape index (κ1) is 9.92. The van der Waals surface area contributed by atoms with Crippen LogP contribution in [0.25, 0.3) is 10.7 Å². The third kappa shape index (κ3) is 1.64. The van der Waals surface area contributed by atoms with Crippen LogP contribution in [0.15, 0.2) is 16.2 Å². The van der Waals surface area contributed by atoms with Gasteiger partial charge in [-0.05, 0) is 12.5 Å². The van der Waals surface area contributed by atoms with Gasteiger partial charge in [-0.15, -0.1) is 11.3 Å². The highest BCUT2D eigenvalue weighted by atomic mass is 32.1. The minimum absolute atomic E-state index is 0.342. The fraction of sp³-hybridized carbons (Fsp3) is 0.500. The van der Waals surface area contributed by atoms with Crippen molar-refractivity contribution >= 4 is 11.3 Å². The Hall–Kier alpha value is -1.27. The van der Waals surface area contributed by atoms with Gasteiger partial charge in [0, 0.05) is 12.7 Å². The average molecular weight is 236 g/mol. The normalized spacial score (nSPS) is 25.1. The monoisotopic (exact) mass is 236 g/mol. The molecule has 1 aliphatic heterocycles. The van der Waals surface area contributed by atoms with Crippen molar-refractivity contribution in [2.24, 2.45) is 5.92 Å². The lowest BCUT2D eigenvalue weighted by molar-refractivity contribution is 0.340. The highest BCUT2D eigenvalue weighted by Gasteiger charge is 2.29. The summed E-state index contributed by atoms with van der Waals surface area (Å²) in [4.78, 5) is 9.39. The van der Waals surface area contributed by atoms with E-state index in [0.717, 1.165) is 23.9 Å². The molecule has 0 aromatic carbocycles. The van der Waals surface area contributed by atoms with E-state index < -0.39 is 0 Å². The number of nitrogens with one attached hydrogen (secondary N) is 1. The largest absolute Gasteiger partial charge is 0.339 e. The van der Waals surface area contributed by atoms with E-state index in [9.17, 15) is 0 Å². The van der Waals surface area contributed by atoms with E-state index in [4.69, 9.17) is 4.52 Å². The maximum absolute atomic E-state index is 5.32. The van der Waals surface area contributed by atoms with Gasteiger partial charge in [0.25, 0.3) is 0 Å². The molecule has 2 atom stereocenters. The summed E-state index contributed by atoms with van der Waals surface area (Å²) in [5.74, 6) is 2.28. The molecule has 0 saturated carbocycles. The summed E-state index contributed by atoms with van der Waals surface area (Å²) in [6.07, 6.45) is 1.76. The molecule has 0 amide bonds. The topological polar surface area (TPSA) is 63.8 Å². The summed E-state index contributed by atoms with van der Waals surface area (Å²) in [7, 11) is 0. The van der Waals surface area contributed by atoms with Crippen molar-refractivity contribution in [2.75, 3.05) is 13.1 Å². The van der Waals surface area contributed by atoms with E-state index >= 15 is 0 Å². The molecule has 1 fully saturated rings. The standard InChI is InChI=1S/C10H12N4OS/c1-6-2-11-3-7(6)10-13-9(14-15-10)8-4-12-5-16-8/h4-7,11H,2-3H2,1H3/t6-,7-/m1/s1. The molecule has 6 heteroatoms. The Kier molecular flexibility index (Phi) is 2.45. The number of thiazole rings is 1. The van der Waals surface area contributed by atoms with Crippen molar-refractivity contribution in [3.05, 3.63) is 17.6 Å². The van der Waals surface area contributed by atoms with Crippen LogP contribution in [0.4, 0.5) is 0 Å². The maximum atomic E-state index is 5.32. The molecule has 84 valence electrons. The van der Waals surface area contributed by atoms with Crippen LogP contribution in [-0.4, -0.2) is 28.2 Å². The van der Waals surface area contributed by atoms with Crippen molar-refractivity contribution in [3.63, 3.8) is 0 Å². The second-order valence-corrected chi connectivity index (χ2v) is 4.95. The lowest BCUT2D eigenvalue weighted by Crippen LogP contribution is -2.08. The van der Waals surface area contributed by atoms with Crippen LogP contribution in [0, 0.1) is 5.92 Å². The van der Waals surface area contributed by atoms with E-state index in [-0.39, 0.29) is 0 Å². The van der Waals surface area contributed by atoms with Crippen LogP contribution in [0.2, 0.25) is 0 Å². The molecule has 1 N–H and O–H groups in total. The predicted octanol–water partition coefficient (Wildman–Crippen LogP) is 1.52. The lowest BCUT2D eigenvalue weighted by Gasteiger charge is -2.07. The third-order valence-electron chi connectivity index (χ3n) is 2.93. The molecule has 0 unspecified atom stereocenters. The molecule has 0 aliphatic carbocycles. The van der Waals surface area contributed by atoms with Gasteiger partial charge in [0.05, 0.1) is 16.3 Å². The van der Waals surface area contributed by atoms with E-state index in [1.165, 1.54) is 11.3 Å². The second-order valence-electron chi connectivity index (χ2n) is 4.06. The molecule has 5 nitrogen and oxygen atoms in total. The summed E-state index contributed by atoms with van der Waals surface area (Å²) in [6, 6.07) is 0. The van der Waals surface area contributed by atoms with Gasteiger partial charge in [0.1, 0.15) is 0 Å². The Balaban J connectivity index is 1.88. The third-order valence-corrected chi connectivity index (χ3v) is 3.70. The van der Waals surface area contributed by atoms with Crippen molar-refractivity contribution in [1.29, 1.82) is 0 Å². The van der Waals surface area contributed by atoms with Gasteiger partial charge in [0.15, 0.2) is 0 Å².